The zero-order valence-corrected chi connectivity index (χ0v) is 13.4. The Balaban J connectivity index is 2.99. The number of nitrogens with zero attached hydrogens (tertiary/aromatic N) is 1. The van der Waals surface area contributed by atoms with Crippen LogP contribution in [0.1, 0.15) is 31.9 Å². The summed E-state index contributed by atoms with van der Waals surface area (Å²) in [6.07, 6.45) is 2.70. The number of phenolic OH excluding ortho intramolecular Hbond substituents is 1. The van der Waals surface area contributed by atoms with E-state index in [1.54, 1.807) is 0 Å². The predicted octanol–water partition coefficient (Wildman–Crippen LogP) is 3.99. The van der Waals surface area contributed by atoms with Crippen LogP contribution in [-0.2, 0) is 5.41 Å². The molecule has 0 amide bonds. The van der Waals surface area contributed by atoms with E-state index in [0.717, 1.165) is 17.3 Å². The van der Waals surface area contributed by atoms with Gasteiger partial charge in [-0.15, -0.1) is 0 Å². The van der Waals surface area contributed by atoms with E-state index in [-0.39, 0.29) is 5.41 Å². The minimum atomic E-state index is -1.16. The normalized spacial score (nSPS) is 13.2. The number of hydrogen-bond donors (Lipinski definition) is 1. The van der Waals surface area contributed by atoms with Gasteiger partial charge in [0.2, 0.25) is 0 Å². The summed E-state index contributed by atoms with van der Waals surface area (Å²) < 4.78 is 0. The van der Waals surface area contributed by atoms with Crippen LogP contribution < -0.4 is 0 Å². The SMILES string of the molecule is CC(C)(C)c1cccc(C=NC[Si](C)(C)C)c1O. The summed E-state index contributed by atoms with van der Waals surface area (Å²) >= 11 is 0. The third-order valence-corrected chi connectivity index (χ3v) is 3.80. The lowest BCUT2D eigenvalue weighted by atomic mass is 9.85. The van der Waals surface area contributed by atoms with Crippen molar-refractivity contribution in [1.82, 2.24) is 0 Å². The summed E-state index contributed by atoms with van der Waals surface area (Å²) in [6.45, 7) is 13.2. The van der Waals surface area contributed by atoms with Crippen LogP contribution in [0.4, 0.5) is 0 Å². The van der Waals surface area contributed by atoms with Crippen LogP contribution in [0.5, 0.6) is 5.75 Å². The number of rotatable bonds is 3. The fourth-order valence-electron chi connectivity index (χ4n) is 1.69. The van der Waals surface area contributed by atoms with E-state index in [9.17, 15) is 5.11 Å². The van der Waals surface area contributed by atoms with Crippen molar-refractivity contribution in [3.63, 3.8) is 0 Å². The minimum Gasteiger partial charge on any atom is -0.507 e. The molecule has 1 aromatic rings. The molecule has 0 radical (unpaired) electrons. The van der Waals surface area contributed by atoms with Crippen LogP contribution in [0.25, 0.3) is 0 Å². The molecule has 0 saturated carbocycles. The first-order valence-corrected chi connectivity index (χ1v) is 10.1. The molecule has 18 heavy (non-hydrogen) atoms. The van der Waals surface area contributed by atoms with E-state index in [4.69, 9.17) is 0 Å². The molecule has 0 unspecified atom stereocenters. The quantitative estimate of drug-likeness (QED) is 0.649. The van der Waals surface area contributed by atoms with E-state index in [2.05, 4.69) is 45.4 Å². The van der Waals surface area contributed by atoms with Gasteiger partial charge in [0.1, 0.15) is 5.75 Å². The van der Waals surface area contributed by atoms with Crippen molar-refractivity contribution in [2.24, 2.45) is 4.99 Å². The molecule has 0 aliphatic rings. The summed E-state index contributed by atoms with van der Waals surface area (Å²) in [5.41, 5.74) is 1.74. The monoisotopic (exact) mass is 263 g/mol. The number of benzene rings is 1. The molecule has 0 spiro atoms. The second kappa shape index (κ2) is 5.27. The lowest BCUT2D eigenvalue weighted by molar-refractivity contribution is 0.446. The summed E-state index contributed by atoms with van der Waals surface area (Å²) in [5, 5.41) is 10.3. The lowest BCUT2D eigenvalue weighted by Crippen LogP contribution is -2.24. The standard InChI is InChI=1S/C15H25NOSi/c1-15(2,3)13-9-7-8-12(14(13)17)10-16-11-18(4,5)6/h7-10,17H,11H2,1-6H3. The zero-order valence-electron chi connectivity index (χ0n) is 12.4. The maximum Gasteiger partial charge on any atom is 0.128 e. The Morgan fingerprint density at radius 2 is 1.83 bits per heavy atom. The molecular formula is C15H25NOSi. The van der Waals surface area contributed by atoms with Crippen LogP contribution in [0.15, 0.2) is 23.2 Å². The molecule has 2 nitrogen and oxygen atoms in total. The van der Waals surface area contributed by atoms with Crippen molar-refractivity contribution in [2.75, 3.05) is 6.17 Å². The third-order valence-electron chi connectivity index (χ3n) is 2.67. The predicted molar refractivity (Wildman–Crippen MR) is 82.6 cm³/mol. The van der Waals surface area contributed by atoms with Gasteiger partial charge in [0.15, 0.2) is 0 Å². The van der Waals surface area contributed by atoms with Gasteiger partial charge in [-0.2, -0.15) is 0 Å². The Morgan fingerprint density at radius 1 is 1.22 bits per heavy atom. The van der Waals surface area contributed by atoms with E-state index in [1.165, 1.54) is 0 Å². The first-order chi connectivity index (χ1) is 8.11. The van der Waals surface area contributed by atoms with E-state index >= 15 is 0 Å². The second-order valence-electron chi connectivity index (χ2n) is 7.02. The Bertz CT molecular complexity index is 439. The molecule has 0 fully saturated rings. The largest absolute Gasteiger partial charge is 0.507 e. The van der Waals surface area contributed by atoms with Crippen molar-refractivity contribution in [3.05, 3.63) is 29.3 Å². The molecule has 1 rings (SSSR count). The van der Waals surface area contributed by atoms with Crippen molar-refractivity contribution < 1.29 is 5.11 Å². The Morgan fingerprint density at radius 3 is 2.33 bits per heavy atom. The molecule has 0 aliphatic carbocycles. The zero-order chi connectivity index (χ0) is 14.0. The number of aromatic hydroxyl groups is 1. The van der Waals surface area contributed by atoms with Gasteiger partial charge in [-0.25, -0.2) is 0 Å². The molecule has 100 valence electrons. The van der Waals surface area contributed by atoms with Crippen molar-refractivity contribution in [3.8, 4) is 5.75 Å². The van der Waals surface area contributed by atoms with Crippen molar-refractivity contribution in [2.45, 2.75) is 45.8 Å². The number of para-hydroxylation sites is 1. The van der Waals surface area contributed by atoms with Gasteiger partial charge in [0.25, 0.3) is 0 Å². The first kappa shape index (κ1) is 15.0. The van der Waals surface area contributed by atoms with Gasteiger partial charge in [0.05, 0.1) is 8.07 Å². The fraction of sp³-hybridized carbons (Fsp3) is 0.533. The van der Waals surface area contributed by atoms with Crippen molar-refractivity contribution >= 4 is 14.3 Å². The minimum absolute atomic E-state index is 0.0489. The maximum atomic E-state index is 10.3. The van der Waals surface area contributed by atoms with Crippen molar-refractivity contribution in [1.29, 1.82) is 0 Å². The topological polar surface area (TPSA) is 32.6 Å². The van der Waals surface area contributed by atoms with Crippen LogP contribution in [0.3, 0.4) is 0 Å². The van der Waals surface area contributed by atoms with Crippen LogP contribution >= 0.6 is 0 Å². The fourth-order valence-corrected chi connectivity index (χ4v) is 2.33. The lowest BCUT2D eigenvalue weighted by Gasteiger charge is -2.21. The Labute approximate surface area is 112 Å². The van der Waals surface area contributed by atoms with Gasteiger partial charge >= 0.3 is 0 Å². The Kier molecular flexibility index (Phi) is 4.38. The van der Waals surface area contributed by atoms with E-state index in [0.29, 0.717) is 5.75 Å². The number of hydrogen-bond acceptors (Lipinski definition) is 2. The summed E-state index contributed by atoms with van der Waals surface area (Å²) in [6, 6.07) is 5.87. The number of phenols is 1. The molecule has 0 heterocycles. The molecule has 3 heteroatoms. The van der Waals surface area contributed by atoms with Crippen LogP contribution in [-0.4, -0.2) is 25.6 Å². The van der Waals surface area contributed by atoms with Gasteiger partial charge in [0, 0.05) is 17.9 Å². The molecule has 0 bridgehead atoms. The highest BCUT2D eigenvalue weighted by Gasteiger charge is 2.19. The average Bonchev–Trinajstić information content (AvgIpc) is 2.17. The summed E-state index contributed by atoms with van der Waals surface area (Å²) in [4.78, 5) is 4.47. The second-order valence-corrected chi connectivity index (χ2v) is 12.5. The van der Waals surface area contributed by atoms with Gasteiger partial charge in [-0.05, 0) is 17.0 Å². The summed E-state index contributed by atoms with van der Waals surface area (Å²) in [7, 11) is -1.16. The highest BCUT2D eigenvalue weighted by atomic mass is 28.3. The average molecular weight is 263 g/mol. The Hall–Kier alpha value is -1.09. The number of aliphatic imine (C=N–C) groups is 1. The highest BCUT2D eigenvalue weighted by Crippen LogP contribution is 2.32. The molecular weight excluding hydrogens is 238 g/mol. The third kappa shape index (κ3) is 4.30. The molecule has 0 aliphatic heterocycles. The maximum absolute atomic E-state index is 10.3. The molecule has 1 aromatic carbocycles. The van der Waals surface area contributed by atoms with Gasteiger partial charge in [-0.1, -0.05) is 52.5 Å². The highest BCUT2D eigenvalue weighted by molar-refractivity contribution is 6.76. The molecule has 0 aromatic heterocycles. The van der Waals surface area contributed by atoms with Gasteiger partial charge in [-0.3, -0.25) is 4.99 Å². The molecule has 1 N–H and O–H groups in total. The van der Waals surface area contributed by atoms with Crippen LogP contribution in [0.2, 0.25) is 19.6 Å². The smallest absolute Gasteiger partial charge is 0.128 e. The summed E-state index contributed by atoms with van der Waals surface area (Å²) in [5.74, 6) is 0.365. The van der Waals surface area contributed by atoms with Crippen LogP contribution in [0, 0.1) is 0 Å². The van der Waals surface area contributed by atoms with E-state index < -0.39 is 8.07 Å². The van der Waals surface area contributed by atoms with Gasteiger partial charge < -0.3 is 5.11 Å². The molecule has 0 atom stereocenters. The first-order valence-electron chi connectivity index (χ1n) is 6.43. The molecule has 0 saturated heterocycles. The van der Waals surface area contributed by atoms with E-state index in [1.807, 2.05) is 24.4 Å².